The minimum atomic E-state index is -0.631. The third-order valence-corrected chi connectivity index (χ3v) is 12.8. The second-order valence-electron chi connectivity index (χ2n) is 17.2. The van der Waals surface area contributed by atoms with Gasteiger partial charge in [0.25, 0.3) is 0 Å². The van der Waals surface area contributed by atoms with Crippen molar-refractivity contribution < 1.29 is 19.1 Å². The van der Waals surface area contributed by atoms with Gasteiger partial charge in [0.1, 0.15) is 23.0 Å². The molecule has 0 fully saturated rings. The molecule has 10 aromatic rings. The molecule has 0 unspecified atom stereocenters. The summed E-state index contributed by atoms with van der Waals surface area (Å²) in [7, 11) is 0. The number of hydrogen-bond donors (Lipinski definition) is 0. The Morgan fingerprint density at radius 3 is 0.887 bits per heavy atom. The third-order valence-electron chi connectivity index (χ3n) is 12.8. The van der Waals surface area contributed by atoms with E-state index < -0.39 is 5.41 Å². The molecule has 0 amide bonds. The van der Waals surface area contributed by atoms with Crippen LogP contribution < -0.4 is 9.47 Å². The van der Waals surface area contributed by atoms with Crippen molar-refractivity contribution in [3.05, 3.63) is 322 Å². The molecule has 11 rings (SSSR count). The first-order chi connectivity index (χ1) is 35.0. The van der Waals surface area contributed by atoms with E-state index in [4.69, 9.17) is 9.47 Å². The number of benzene rings is 10. The number of fused-ring (bicyclic) bond motifs is 3. The SMILES string of the molecule is O=C(c1ccc(C#Cc2ccccc2)cc1)c1ccc(Oc2ccc(C3(c4ccc(Oc5ccc(C(=O)c6ccc(C#Cc7ccccc7)cc6)cc5)cc4)c4ccccc4-c4ccccc43)cc2)cc1. The van der Waals surface area contributed by atoms with Crippen molar-refractivity contribution >= 4 is 11.6 Å². The van der Waals surface area contributed by atoms with Gasteiger partial charge in [0.15, 0.2) is 11.6 Å². The molecule has 0 spiro atoms. The van der Waals surface area contributed by atoms with Crippen molar-refractivity contribution in [1.82, 2.24) is 0 Å². The van der Waals surface area contributed by atoms with Crippen LogP contribution in [0, 0.1) is 23.7 Å². The van der Waals surface area contributed by atoms with E-state index in [-0.39, 0.29) is 11.6 Å². The fourth-order valence-electron chi connectivity index (χ4n) is 9.27. The lowest BCUT2D eigenvalue weighted by molar-refractivity contribution is 0.103. The molecule has 0 heterocycles. The largest absolute Gasteiger partial charge is 0.457 e. The summed E-state index contributed by atoms with van der Waals surface area (Å²) in [6.45, 7) is 0. The second-order valence-corrected chi connectivity index (χ2v) is 17.2. The molecule has 0 N–H and O–H groups in total. The zero-order valence-corrected chi connectivity index (χ0v) is 38.4. The van der Waals surface area contributed by atoms with Crippen LogP contribution in [0.25, 0.3) is 11.1 Å². The second kappa shape index (κ2) is 19.5. The highest BCUT2D eigenvalue weighted by atomic mass is 16.5. The van der Waals surface area contributed by atoms with Crippen LogP contribution in [0.4, 0.5) is 0 Å². The summed E-state index contributed by atoms with van der Waals surface area (Å²) in [5, 5.41) is 0. The van der Waals surface area contributed by atoms with Gasteiger partial charge < -0.3 is 9.47 Å². The van der Waals surface area contributed by atoms with Gasteiger partial charge >= 0.3 is 0 Å². The molecule has 1 aliphatic carbocycles. The van der Waals surface area contributed by atoms with Crippen LogP contribution in [0.15, 0.2) is 255 Å². The topological polar surface area (TPSA) is 52.6 Å². The molecule has 0 saturated carbocycles. The van der Waals surface area contributed by atoms with Crippen LogP contribution in [0.2, 0.25) is 0 Å². The third kappa shape index (κ3) is 9.06. The van der Waals surface area contributed by atoms with Crippen LogP contribution in [0.1, 0.15) is 76.4 Å². The fourth-order valence-corrected chi connectivity index (χ4v) is 9.27. The highest BCUT2D eigenvalue weighted by molar-refractivity contribution is 6.09. The molecule has 1 aliphatic rings. The van der Waals surface area contributed by atoms with Crippen LogP contribution in [0.3, 0.4) is 0 Å². The number of carbonyl (C=O) groups is 2. The Bertz CT molecular complexity index is 3420. The van der Waals surface area contributed by atoms with Gasteiger partial charge in [0, 0.05) is 44.5 Å². The van der Waals surface area contributed by atoms with E-state index in [0.29, 0.717) is 45.3 Å². The van der Waals surface area contributed by atoms with Crippen molar-refractivity contribution in [3.63, 3.8) is 0 Å². The minimum absolute atomic E-state index is 0.0719. The van der Waals surface area contributed by atoms with Crippen molar-refractivity contribution in [3.8, 4) is 57.8 Å². The summed E-state index contributed by atoms with van der Waals surface area (Å²) in [6.07, 6.45) is 0. The van der Waals surface area contributed by atoms with Gasteiger partial charge in [0.05, 0.1) is 5.41 Å². The van der Waals surface area contributed by atoms with E-state index in [1.165, 1.54) is 22.3 Å². The average molecular weight is 911 g/mol. The number of rotatable bonds is 10. The van der Waals surface area contributed by atoms with Crippen molar-refractivity contribution in [2.24, 2.45) is 0 Å². The Hall–Kier alpha value is -9.74. The first kappa shape index (κ1) is 43.8. The summed E-state index contributed by atoms with van der Waals surface area (Å²) < 4.78 is 12.7. The maximum absolute atomic E-state index is 13.4. The Kier molecular flexibility index (Phi) is 12.0. The smallest absolute Gasteiger partial charge is 0.193 e. The molecule has 0 aromatic heterocycles. The molecule has 0 aliphatic heterocycles. The fraction of sp³-hybridized carbons (Fsp3) is 0.0149. The molecule has 0 saturated heterocycles. The number of ketones is 2. The van der Waals surface area contributed by atoms with Gasteiger partial charge in [-0.3, -0.25) is 9.59 Å². The van der Waals surface area contributed by atoms with Crippen molar-refractivity contribution in [2.75, 3.05) is 0 Å². The Morgan fingerprint density at radius 1 is 0.282 bits per heavy atom. The standard InChI is InChI=1S/C67H42O4/c68-65(51-27-23-49(24-28-51)21-19-47-11-3-1-4-12-47)53-31-39-57(40-32-53)70-59-43-35-55(36-44-59)67(63-17-9-7-15-61(63)62-16-8-10-18-64(62)67)56-37-45-60(46-38-56)71-58-41-33-54(34-42-58)66(69)52-29-25-50(26-30-52)22-20-48-13-5-2-6-14-48/h1-18,23-46H. The molecule has 334 valence electrons. The molecular formula is C67H42O4. The van der Waals surface area contributed by atoms with Crippen LogP contribution in [-0.4, -0.2) is 11.6 Å². The van der Waals surface area contributed by atoms with Crippen LogP contribution >= 0.6 is 0 Å². The molecule has 71 heavy (non-hydrogen) atoms. The quantitative estimate of drug-likeness (QED) is 0.101. The van der Waals surface area contributed by atoms with E-state index in [0.717, 1.165) is 33.4 Å². The van der Waals surface area contributed by atoms with Gasteiger partial charge in [-0.2, -0.15) is 0 Å². The van der Waals surface area contributed by atoms with Gasteiger partial charge in [0.2, 0.25) is 0 Å². The van der Waals surface area contributed by atoms with E-state index in [9.17, 15) is 9.59 Å². The monoisotopic (exact) mass is 910 g/mol. The predicted octanol–water partition coefficient (Wildman–Crippen LogP) is 14.9. The van der Waals surface area contributed by atoms with Crippen LogP contribution in [0.5, 0.6) is 23.0 Å². The van der Waals surface area contributed by atoms with Gasteiger partial charge in [-0.25, -0.2) is 0 Å². The zero-order valence-electron chi connectivity index (χ0n) is 38.4. The molecule has 0 bridgehead atoms. The maximum Gasteiger partial charge on any atom is 0.193 e. The lowest BCUT2D eigenvalue weighted by Gasteiger charge is -2.34. The predicted molar refractivity (Wildman–Crippen MR) is 281 cm³/mol. The molecule has 4 nitrogen and oxygen atoms in total. The van der Waals surface area contributed by atoms with E-state index in [1.54, 1.807) is 24.3 Å². The Labute approximate surface area is 413 Å². The Morgan fingerprint density at radius 2 is 0.549 bits per heavy atom. The van der Waals surface area contributed by atoms with E-state index >= 15 is 0 Å². The molecule has 10 aromatic carbocycles. The maximum atomic E-state index is 13.4. The minimum Gasteiger partial charge on any atom is -0.457 e. The molecule has 0 atom stereocenters. The first-order valence-corrected chi connectivity index (χ1v) is 23.4. The van der Waals surface area contributed by atoms with Crippen LogP contribution in [-0.2, 0) is 5.41 Å². The molecule has 0 radical (unpaired) electrons. The summed E-state index contributed by atoms with van der Waals surface area (Å²) in [6, 6.07) is 82.7. The summed E-state index contributed by atoms with van der Waals surface area (Å²) in [4.78, 5) is 26.8. The summed E-state index contributed by atoms with van der Waals surface area (Å²) in [5.74, 6) is 15.1. The van der Waals surface area contributed by atoms with Crippen molar-refractivity contribution in [1.29, 1.82) is 0 Å². The summed E-state index contributed by atoms with van der Waals surface area (Å²) in [5.41, 5.74) is 12.2. The zero-order chi connectivity index (χ0) is 48.0. The van der Waals surface area contributed by atoms with Gasteiger partial charge in [-0.15, -0.1) is 0 Å². The normalized spacial score (nSPS) is 11.7. The number of carbonyl (C=O) groups excluding carboxylic acids is 2. The van der Waals surface area contributed by atoms with Gasteiger partial charge in [-0.1, -0.05) is 133 Å². The lowest BCUT2D eigenvalue weighted by atomic mass is 9.68. The van der Waals surface area contributed by atoms with Crippen molar-refractivity contribution in [2.45, 2.75) is 5.41 Å². The molecule has 4 heteroatoms. The Balaban J connectivity index is 0.800. The van der Waals surface area contributed by atoms with Gasteiger partial charge in [-0.05, 0) is 179 Å². The van der Waals surface area contributed by atoms with E-state index in [2.05, 4.69) is 96.5 Å². The summed E-state index contributed by atoms with van der Waals surface area (Å²) >= 11 is 0. The highest BCUT2D eigenvalue weighted by Gasteiger charge is 2.45. The lowest BCUT2D eigenvalue weighted by Crippen LogP contribution is -2.28. The van der Waals surface area contributed by atoms with E-state index in [1.807, 2.05) is 158 Å². The number of ether oxygens (including phenoxy) is 2. The number of hydrogen-bond acceptors (Lipinski definition) is 4. The highest BCUT2D eigenvalue weighted by Crippen LogP contribution is 2.56. The first-order valence-electron chi connectivity index (χ1n) is 23.4. The molecular weight excluding hydrogens is 869 g/mol. The average Bonchev–Trinajstić information content (AvgIpc) is 3.74.